The van der Waals surface area contributed by atoms with Crippen molar-refractivity contribution in [3.63, 3.8) is 0 Å². The van der Waals surface area contributed by atoms with Crippen molar-refractivity contribution < 1.29 is 4.79 Å². The van der Waals surface area contributed by atoms with Crippen LogP contribution < -0.4 is 5.32 Å². The minimum absolute atomic E-state index is 0.132. The van der Waals surface area contributed by atoms with Crippen LogP contribution in [-0.2, 0) is 6.42 Å². The quantitative estimate of drug-likeness (QED) is 0.689. The highest BCUT2D eigenvalue weighted by atomic mass is 16.2. The van der Waals surface area contributed by atoms with E-state index < -0.39 is 0 Å². The highest BCUT2D eigenvalue weighted by Gasteiger charge is 2.27. The number of likely N-dealkylation sites (tertiary alicyclic amines) is 1. The van der Waals surface area contributed by atoms with E-state index in [4.69, 9.17) is 0 Å². The number of unbranched alkanes of at least 4 members (excludes halogenated alkanes) is 1. The van der Waals surface area contributed by atoms with Gasteiger partial charge >= 0.3 is 6.03 Å². The van der Waals surface area contributed by atoms with Gasteiger partial charge in [0.2, 0.25) is 0 Å². The zero-order valence-electron chi connectivity index (χ0n) is 16.2. The van der Waals surface area contributed by atoms with E-state index in [2.05, 4.69) is 66.3 Å². The first kappa shape index (κ1) is 19.8. The summed E-state index contributed by atoms with van der Waals surface area (Å²) in [7, 11) is 2.16. The molecule has 1 N–H and O–H groups in total. The molecule has 1 fully saturated rings. The summed E-state index contributed by atoms with van der Waals surface area (Å²) in [6.45, 7) is 7.21. The monoisotopic (exact) mass is 345 g/mol. The molecular formula is C21H35N3O. The largest absolute Gasteiger partial charge is 0.338 e. The molecule has 1 aliphatic heterocycles. The number of carbonyl (C=O) groups is 1. The van der Waals surface area contributed by atoms with E-state index >= 15 is 0 Å². The second-order valence-corrected chi connectivity index (χ2v) is 7.53. The lowest BCUT2D eigenvalue weighted by Crippen LogP contribution is -2.43. The van der Waals surface area contributed by atoms with Crippen molar-refractivity contribution >= 4 is 6.03 Å². The summed E-state index contributed by atoms with van der Waals surface area (Å²) in [6, 6.07) is 11.7. The molecule has 1 heterocycles. The summed E-state index contributed by atoms with van der Waals surface area (Å²) in [5.74, 6) is 0. The summed E-state index contributed by atoms with van der Waals surface area (Å²) in [4.78, 5) is 16.9. The lowest BCUT2D eigenvalue weighted by atomic mass is 10.0. The van der Waals surface area contributed by atoms with Crippen LogP contribution in [-0.4, -0.2) is 54.6 Å². The number of carbonyl (C=O) groups excluding carboxylic acids is 1. The van der Waals surface area contributed by atoms with Gasteiger partial charge in [0.25, 0.3) is 0 Å². The second kappa shape index (κ2) is 10.4. The standard InChI is InChI=1S/C21H35N3O/c1-18(2)23(3)16-8-7-15-22-21(25)24-17-9-12-20(24)14-13-19-10-5-4-6-11-19/h4-6,10-11,18,20H,7-9,12-17H2,1-3H3,(H,22,25). The third-order valence-electron chi connectivity index (χ3n) is 5.34. The zero-order valence-corrected chi connectivity index (χ0v) is 16.2. The molecule has 0 bridgehead atoms. The van der Waals surface area contributed by atoms with E-state index in [1.165, 1.54) is 5.56 Å². The summed E-state index contributed by atoms with van der Waals surface area (Å²) >= 11 is 0. The smallest absolute Gasteiger partial charge is 0.317 e. The van der Waals surface area contributed by atoms with Gasteiger partial charge in [-0.25, -0.2) is 4.79 Å². The van der Waals surface area contributed by atoms with E-state index in [0.29, 0.717) is 12.1 Å². The van der Waals surface area contributed by atoms with Crippen molar-refractivity contribution in [3.8, 4) is 0 Å². The number of hydrogen-bond donors (Lipinski definition) is 1. The third kappa shape index (κ3) is 6.69. The van der Waals surface area contributed by atoms with Crippen LogP contribution >= 0.6 is 0 Å². The Balaban J connectivity index is 1.66. The van der Waals surface area contributed by atoms with Gasteiger partial charge in [0.15, 0.2) is 0 Å². The first-order valence-electron chi connectivity index (χ1n) is 9.86. The maximum absolute atomic E-state index is 12.5. The normalized spacial score (nSPS) is 17.5. The molecule has 0 saturated carbocycles. The fourth-order valence-corrected chi connectivity index (χ4v) is 3.42. The molecule has 2 amide bonds. The molecule has 1 atom stereocenters. The number of benzene rings is 1. The van der Waals surface area contributed by atoms with Gasteiger partial charge in [-0.1, -0.05) is 30.3 Å². The van der Waals surface area contributed by atoms with Gasteiger partial charge in [0.1, 0.15) is 0 Å². The molecule has 0 spiro atoms. The number of aryl methyl sites for hydroxylation is 1. The number of nitrogens with one attached hydrogen (secondary N) is 1. The molecule has 1 aromatic rings. The molecular weight excluding hydrogens is 310 g/mol. The molecule has 0 aliphatic carbocycles. The van der Waals surface area contributed by atoms with Crippen LogP contribution in [0.25, 0.3) is 0 Å². The number of amides is 2. The van der Waals surface area contributed by atoms with Crippen LogP contribution in [0.2, 0.25) is 0 Å². The number of nitrogens with zero attached hydrogens (tertiary/aromatic N) is 2. The minimum Gasteiger partial charge on any atom is -0.338 e. The van der Waals surface area contributed by atoms with Crippen molar-refractivity contribution in [2.45, 2.75) is 64.5 Å². The van der Waals surface area contributed by atoms with Gasteiger partial charge in [-0.3, -0.25) is 0 Å². The molecule has 1 aromatic carbocycles. The van der Waals surface area contributed by atoms with Crippen LogP contribution in [0, 0.1) is 0 Å². The molecule has 140 valence electrons. The van der Waals surface area contributed by atoms with E-state index in [1.807, 2.05) is 0 Å². The Morgan fingerprint density at radius 1 is 1.28 bits per heavy atom. The average molecular weight is 346 g/mol. The summed E-state index contributed by atoms with van der Waals surface area (Å²) in [5, 5.41) is 3.12. The summed E-state index contributed by atoms with van der Waals surface area (Å²) in [5.41, 5.74) is 1.36. The van der Waals surface area contributed by atoms with Crippen molar-refractivity contribution in [2.24, 2.45) is 0 Å². The molecule has 2 rings (SSSR count). The SMILES string of the molecule is CC(C)N(C)CCCCNC(=O)N1CCCC1CCc1ccccc1. The molecule has 0 radical (unpaired) electrons. The van der Waals surface area contributed by atoms with Crippen molar-refractivity contribution in [1.29, 1.82) is 0 Å². The van der Waals surface area contributed by atoms with Gasteiger partial charge in [-0.2, -0.15) is 0 Å². The van der Waals surface area contributed by atoms with E-state index in [-0.39, 0.29) is 6.03 Å². The van der Waals surface area contributed by atoms with Gasteiger partial charge in [-0.15, -0.1) is 0 Å². The molecule has 1 unspecified atom stereocenters. The first-order valence-corrected chi connectivity index (χ1v) is 9.86. The number of hydrogen-bond acceptors (Lipinski definition) is 2. The first-order chi connectivity index (χ1) is 12.1. The molecule has 4 heteroatoms. The predicted octanol–water partition coefficient (Wildman–Crippen LogP) is 3.91. The third-order valence-corrected chi connectivity index (χ3v) is 5.34. The fraction of sp³-hybridized carbons (Fsp3) is 0.667. The lowest BCUT2D eigenvalue weighted by Gasteiger charge is -2.25. The minimum atomic E-state index is 0.132. The maximum Gasteiger partial charge on any atom is 0.317 e. The maximum atomic E-state index is 12.5. The van der Waals surface area contributed by atoms with Crippen LogP contribution in [0.4, 0.5) is 4.79 Å². The van der Waals surface area contributed by atoms with Gasteiger partial charge < -0.3 is 15.1 Å². The number of urea groups is 1. The summed E-state index contributed by atoms with van der Waals surface area (Å²) in [6.07, 6.45) is 6.57. The highest BCUT2D eigenvalue weighted by molar-refractivity contribution is 5.74. The predicted molar refractivity (Wildman–Crippen MR) is 105 cm³/mol. The topological polar surface area (TPSA) is 35.6 Å². The Kier molecular flexibility index (Phi) is 8.26. The van der Waals surface area contributed by atoms with Gasteiger partial charge in [-0.05, 0) is 71.5 Å². The van der Waals surface area contributed by atoms with E-state index in [1.54, 1.807) is 0 Å². The molecule has 1 aliphatic rings. The van der Waals surface area contributed by atoms with E-state index in [0.717, 1.165) is 58.2 Å². The molecule has 1 saturated heterocycles. The second-order valence-electron chi connectivity index (χ2n) is 7.53. The Labute approximate surface area is 153 Å². The Bertz CT molecular complexity index is 503. The zero-order chi connectivity index (χ0) is 18.1. The van der Waals surface area contributed by atoms with Gasteiger partial charge in [0, 0.05) is 25.2 Å². The van der Waals surface area contributed by atoms with Crippen molar-refractivity contribution in [1.82, 2.24) is 15.1 Å². The number of rotatable bonds is 9. The van der Waals surface area contributed by atoms with Crippen LogP contribution in [0.3, 0.4) is 0 Å². The Morgan fingerprint density at radius 3 is 2.76 bits per heavy atom. The van der Waals surface area contributed by atoms with Gasteiger partial charge in [0.05, 0.1) is 0 Å². The van der Waals surface area contributed by atoms with Crippen molar-refractivity contribution in [2.75, 3.05) is 26.7 Å². The molecule has 0 aromatic heterocycles. The summed E-state index contributed by atoms with van der Waals surface area (Å²) < 4.78 is 0. The van der Waals surface area contributed by atoms with Crippen LogP contribution in [0.1, 0.15) is 51.5 Å². The van der Waals surface area contributed by atoms with E-state index in [9.17, 15) is 4.79 Å². The van der Waals surface area contributed by atoms with Crippen LogP contribution in [0.15, 0.2) is 30.3 Å². The molecule has 4 nitrogen and oxygen atoms in total. The highest BCUT2D eigenvalue weighted by Crippen LogP contribution is 2.21. The fourth-order valence-electron chi connectivity index (χ4n) is 3.42. The Morgan fingerprint density at radius 2 is 2.04 bits per heavy atom. The van der Waals surface area contributed by atoms with Crippen molar-refractivity contribution in [3.05, 3.63) is 35.9 Å². The Hall–Kier alpha value is -1.55. The lowest BCUT2D eigenvalue weighted by molar-refractivity contribution is 0.189. The van der Waals surface area contributed by atoms with Crippen LogP contribution in [0.5, 0.6) is 0 Å². The molecule has 25 heavy (non-hydrogen) atoms. The average Bonchev–Trinajstić information content (AvgIpc) is 3.08.